The van der Waals surface area contributed by atoms with Crippen molar-refractivity contribution in [1.82, 2.24) is 9.47 Å². The second-order valence-corrected chi connectivity index (χ2v) is 6.76. The maximum Gasteiger partial charge on any atom is 0.270 e. The van der Waals surface area contributed by atoms with E-state index in [1.54, 1.807) is 0 Å². The van der Waals surface area contributed by atoms with E-state index in [9.17, 15) is 4.79 Å². The van der Waals surface area contributed by atoms with Crippen LogP contribution in [0.1, 0.15) is 51.3 Å². The second-order valence-electron chi connectivity index (χ2n) is 6.76. The third-order valence-corrected chi connectivity index (χ3v) is 5.15. The summed E-state index contributed by atoms with van der Waals surface area (Å²) < 4.78 is 2.21. The predicted molar refractivity (Wildman–Crippen MR) is 94.1 cm³/mol. The molecule has 0 unspecified atom stereocenters. The van der Waals surface area contributed by atoms with Crippen LogP contribution in [-0.2, 0) is 6.54 Å². The monoisotopic (exact) mass is 310 g/mol. The highest BCUT2D eigenvalue weighted by molar-refractivity contribution is 5.95. The van der Waals surface area contributed by atoms with Gasteiger partial charge in [0.2, 0.25) is 0 Å². The summed E-state index contributed by atoms with van der Waals surface area (Å²) in [6.45, 7) is 11.0. The number of benzene rings is 1. The number of aromatic nitrogens is 1. The first-order valence-corrected chi connectivity index (χ1v) is 8.50. The number of amides is 1. The zero-order chi connectivity index (χ0) is 16.6. The van der Waals surface area contributed by atoms with Crippen molar-refractivity contribution in [2.45, 2.75) is 47.1 Å². The van der Waals surface area contributed by atoms with E-state index in [-0.39, 0.29) is 5.91 Å². The lowest BCUT2D eigenvalue weighted by atomic mass is 10.1. The molecule has 3 nitrogen and oxygen atoms in total. The van der Waals surface area contributed by atoms with Gasteiger partial charge in [-0.25, -0.2) is 0 Å². The molecule has 1 aromatic carbocycles. The van der Waals surface area contributed by atoms with Crippen molar-refractivity contribution in [2.75, 3.05) is 13.1 Å². The van der Waals surface area contributed by atoms with Crippen LogP contribution in [0.2, 0.25) is 0 Å². The topological polar surface area (TPSA) is 25.2 Å². The summed E-state index contributed by atoms with van der Waals surface area (Å²) in [6, 6.07) is 8.54. The molecule has 1 amide bonds. The molecule has 1 aliphatic rings. The van der Waals surface area contributed by atoms with Gasteiger partial charge in [0.1, 0.15) is 5.69 Å². The number of likely N-dealkylation sites (tertiary alicyclic amines) is 1. The average Bonchev–Trinajstić information content (AvgIpc) is 3.12. The van der Waals surface area contributed by atoms with E-state index in [4.69, 9.17) is 0 Å². The van der Waals surface area contributed by atoms with Crippen LogP contribution in [0.5, 0.6) is 0 Å². The van der Waals surface area contributed by atoms with Gasteiger partial charge in [0.15, 0.2) is 0 Å². The first-order valence-electron chi connectivity index (χ1n) is 8.50. The smallest absolute Gasteiger partial charge is 0.270 e. The predicted octanol–water partition coefficient (Wildman–Crippen LogP) is 4.01. The zero-order valence-electron chi connectivity index (χ0n) is 14.6. The van der Waals surface area contributed by atoms with Crippen LogP contribution >= 0.6 is 0 Å². The van der Waals surface area contributed by atoms with Crippen LogP contribution in [0, 0.1) is 27.7 Å². The summed E-state index contributed by atoms with van der Waals surface area (Å²) in [5, 5.41) is 0. The molecule has 0 N–H and O–H groups in total. The van der Waals surface area contributed by atoms with Crippen molar-refractivity contribution in [3.8, 4) is 0 Å². The molecule has 1 aromatic heterocycles. The molecule has 0 saturated carbocycles. The van der Waals surface area contributed by atoms with Gasteiger partial charge in [-0.15, -0.1) is 0 Å². The summed E-state index contributed by atoms with van der Waals surface area (Å²) in [5.74, 6) is 0.198. The van der Waals surface area contributed by atoms with E-state index in [1.807, 2.05) is 4.90 Å². The average molecular weight is 310 g/mol. The Balaban J connectivity index is 2.01. The maximum absolute atomic E-state index is 13.0. The Hall–Kier alpha value is -2.03. The van der Waals surface area contributed by atoms with E-state index < -0.39 is 0 Å². The van der Waals surface area contributed by atoms with Crippen molar-refractivity contribution < 1.29 is 4.79 Å². The molecule has 2 heterocycles. The summed E-state index contributed by atoms with van der Waals surface area (Å²) in [6.07, 6.45) is 2.25. The number of carbonyl (C=O) groups is 1. The standard InChI is InChI=1S/C20H26N2O/c1-14-8-7-9-18(12-14)13-22-17(4)15(2)16(3)19(22)20(23)21-10-5-6-11-21/h7-9,12H,5-6,10-11,13H2,1-4H3. The van der Waals surface area contributed by atoms with Gasteiger partial charge in [-0.2, -0.15) is 0 Å². The number of hydrogen-bond acceptors (Lipinski definition) is 1. The number of rotatable bonds is 3. The molecule has 3 heteroatoms. The molecule has 0 atom stereocenters. The Kier molecular flexibility index (Phi) is 4.29. The molecular formula is C20H26N2O. The summed E-state index contributed by atoms with van der Waals surface area (Å²) >= 11 is 0. The fourth-order valence-corrected chi connectivity index (χ4v) is 3.56. The van der Waals surface area contributed by atoms with E-state index in [0.717, 1.165) is 43.7 Å². The Bertz CT molecular complexity index is 736. The highest BCUT2D eigenvalue weighted by atomic mass is 16.2. The highest BCUT2D eigenvalue weighted by Crippen LogP contribution is 2.25. The Morgan fingerprint density at radius 1 is 1.04 bits per heavy atom. The van der Waals surface area contributed by atoms with Crippen molar-refractivity contribution in [1.29, 1.82) is 0 Å². The van der Waals surface area contributed by atoms with Crippen LogP contribution in [0.25, 0.3) is 0 Å². The number of nitrogens with zero attached hydrogens (tertiary/aromatic N) is 2. The molecule has 2 aromatic rings. The lowest BCUT2D eigenvalue weighted by Gasteiger charge is -2.19. The van der Waals surface area contributed by atoms with E-state index in [1.165, 1.54) is 22.4 Å². The van der Waals surface area contributed by atoms with Crippen molar-refractivity contribution >= 4 is 5.91 Å². The normalized spacial score (nSPS) is 14.5. The lowest BCUT2D eigenvalue weighted by molar-refractivity contribution is 0.0781. The van der Waals surface area contributed by atoms with E-state index in [2.05, 4.69) is 56.5 Å². The van der Waals surface area contributed by atoms with Gasteiger partial charge in [0, 0.05) is 25.3 Å². The van der Waals surface area contributed by atoms with Gasteiger partial charge in [-0.1, -0.05) is 29.8 Å². The lowest BCUT2D eigenvalue weighted by Crippen LogP contribution is -2.30. The van der Waals surface area contributed by atoms with E-state index in [0.29, 0.717) is 0 Å². The fourth-order valence-electron chi connectivity index (χ4n) is 3.56. The van der Waals surface area contributed by atoms with Crippen molar-refractivity contribution in [3.05, 3.63) is 57.9 Å². The molecule has 122 valence electrons. The van der Waals surface area contributed by atoms with Crippen molar-refractivity contribution in [2.24, 2.45) is 0 Å². The molecule has 1 aliphatic heterocycles. The van der Waals surface area contributed by atoms with Crippen molar-refractivity contribution in [3.63, 3.8) is 0 Å². The van der Waals surface area contributed by atoms with Crippen LogP contribution in [0.3, 0.4) is 0 Å². The molecule has 3 rings (SSSR count). The third kappa shape index (κ3) is 2.92. The van der Waals surface area contributed by atoms with Crippen LogP contribution in [0.4, 0.5) is 0 Å². The van der Waals surface area contributed by atoms with Gasteiger partial charge < -0.3 is 9.47 Å². The molecule has 0 radical (unpaired) electrons. The first kappa shape index (κ1) is 15.9. The largest absolute Gasteiger partial charge is 0.337 e. The Labute approximate surface area is 138 Å². The third-order valence-electron chi connectivity index (χ3n) is 5.15. The first-order chi connectivity index (χ1) is 11.0. The van der Waals surface area contributed by atoms with Gasteiger partial charge in [-0.3, -0.25) is 4.79 Å². The number of aryl methyl sites for hydroxylation is 1. The Morgan fingerprint density at radius 2 is 1.74 bits per heavy atom. The fraction of sp³-hybridized carbons (Fsp3) is 0.450. The van der Waals surface area contributed by atoms with Gasteiger partial charge >= 0.3 is 0 Å². The summed E-state index contributed by atoms with van der Waals surface area (Å²) in [4.78, 5) is 15.0. The minimum atomic E-state index is 0.198. The SMILES string of the molecule is Cc1cccc(Cn2c(C)c(C)c(C)c2C(=O)N2CCCC2)c1. The zero-order valence-corrected chi connectivity index (χ0v) is 14.6. The molecule has 1 fully saturated rings. The molecular weight excluding hydrogens is 284 g/mol. The quantitative estimate of drug-likeness (QED) is 0.841. The Morgan fingerprint density at radius 3 is 2.39 bits per heavy atom. The van der Waals surface area contributed by atoms with Gasteiger partial charge in [-0.05, 0) is 57.2 Å². The minimum absolute atomic E-state index is 0.198. The van der Waals surface area contributed by atoms with Crippen LogP contribution in [-0.4, -0.2) is 28.5 Å². The number of hydrogen-bond donors (Lipinski definition) is 0. The molecule has 0 bridgehead atoms. The van der Waals surface area contributed by atoms with Crippen LogP contribution in [0.15, 0.2) is 24.3 Å². The molecule has 0 spiro atoms. The maximum atomic E-state index is 13.0. The minimum Gasteiger partial charge on any atom is -0.337 e. The molecule has 1 saturated heterocycles. The molecule has 0 aliphatic carbocycles. The summed E-state index contributed by atoms with van der Waals surface area (Å²) in [7, 11) is 0. The van der Waals surface area contributed by atoms with E-state index >= 15 is 0 Å². The summed E-state index contributed by atoms with van der Waals surface area (Å²) in [5.41, 5.74) is 6.95. The second kappa shape index (κ2) is 6.23. The van der Waals surface area contributed by atoms with Crippen LogP contribution < -0.4 is 0 Å². The van der Waals surface area contributed by atoms with Gasteiger partial charge in [0.25, 0.3) is 5.91 Å². The molecule has 23 heavy (non-hydrogen) atoms. The highest BCUT2D eigenvalue weighted by Gasteiger charge is 2.26. The van der Waals surface area contributed by atoms with Gasteiger partial charge in [0.05, 0.1) is 0 Å². The number of carbonyl (C=O) groups excluding carboxylic acids is 1.